The normalized spacial score (nSPS) is 20.3. The van der Waals surface area contributed by atoms with Crippen LogP contribution in [0.1, 0.15) is 43.0 Å². The van der Waals surface area contributed by atoms with Crippen LogP contribution in [0.2, 0.25) is 0 Å². The Labute approximate surface area is 102 Å². The molecular weight excluding hydrogens is 214 g/mol. The average Bonchev–Trinajstić information content (AvgIpc) is 2.38. The Morgan fingerprint density at radius 1 is 1.41 bits per heavy atom. The van der Waals surface area contributed by atoms with Crippen LogP contribution >= 0.6 is 0 Å². The Balaban J connectivity index is 2.34. The van der Waals surface area contributed by atoms with Gasteiger partial charge in [-0.2, -0.15) is 0 Å². The first-order chi connectivity index (χ1) is 8.24. The lowest BCUT2D eigenvalue weighted by molar-refractivity contribution is 0.0697. The molecule has 1 unspecified atom stereocenters. The molecule has 3 heteroatoms. The fraction of sp³-hybridized carbons (Fsp3) is 0.500. The lowest BCUT2D eigenvalue weighted by Gasteiger charge is -2.37. The van der Waals surface area contributed by atoms with E-state index in [1.54, 1.807) is 12.1 Å². The van der Waals surface area contributed by atoms with Crippen molar-refractivity contribution in [1.82, 2.24) is 0 Å². The van der Waals surface area contributed by atoms with Gasteiger partial charge in [0.1, 0.15) is 0 Å². The molecule has 1 aromatic rings. The monoisotopic (exact) mass is 233 g/mol. The molecule has 0 saturated carbocycles. The second-order valence-electron chi connectivity index (χ2n) is 4.57. The molecule has 3 nitrogen and oxygen atoms in total. The maximum atomic E-state index is 11.2. The molecular formula is C14H19NO2. The van der Waals surface area contributed by atoms with Crippen molar-refractivity contribution in [3.8, 4) is 0 Å². The lowest BCUT2D eigenvalue weighted by atomic mass is 9.98. The number of carboxylic acids is 1. The van der Waals surface area contributed by atoms with E-state index >= 15 is 0 Å². The van der Waals surface area contributed by atoms with Crippen LogP contribution in [0.25, 0.3) is 0 Å². The quantitative estimate of drug-likeness (QED) is 0.871. The smallest absolute Gasteiger partial charge is 0.337 e. The fourth-order valence-electron chi connectivity index (χ4n) is 2.65. The third-order valence-electron chi connectivity index (χ3n) is 3.54. The van der Waals surface area contributed by atoms with Crippen LogP contribution in [0, 0.1) is 0 Å². The molecule has 1 heterocycles. The van der Waals surface area contributed by atoms with Crippen LogP contribution < -0.4 is 4.90 Å². The second kappa shape index (κ2) is 5.21. The average molecular weight is 233 g/mol. The number of aromatic carboxylic acids is 1. The fourth-order valence-corrected chi connectivity index (χ4v) is 2.65. The maximum absolute atomic E-state index is 11.2. The summed E-state index contributed by atoms with van der Waals surface area (Å²) in [4.78, 5) is 13.5. The van der Waals surface area contributed by atoms with E-state index in [2.05, 4.69) is 11.8 Å². The number of carbonyl (C=O) groups is 1. The van der Waals surface area contributed by atoms with Crippen molar-refractivity contribution in [3.63, 3.8) is 0 Å². The first-order valence-corrected chi connectivity index (χ1v) is 6.33. The van der Waals surface area contributed by atoms with Gasteiger partial charge >= 0.3 is 5.97 Å². The van der Waals surface area contributed by atoms with Crippen molar-refractivity contribution in [1.29, 1.82) is 0 Å². The number of hydrogen-bond donors (Lipinski definition) is 1. The first kappa shape index (κ1) is 12.0. The van der Waals surface area contributed by atoms with Gasteiger partial charge in [0.05, 0.1) is 11.3 Å². The summed E-state index contributed by atoms with van der Waals surface area (Å²) in [6, 6.07) is 7.82. The maximum Gasteiger partial charge on any atom is 0.337 e. The van der Waals surface area contributed by atoms with Gasteiger partial charge in [-0.25, -0.2) is 4.79 Å². The molecule has 1 aliphatic heterocycles. The van der Waals surface area contributed by atoms with Gasteiger partial charge in [-0.05, 0) is 37.8 Å². The standard InChI is InChI=1S/C14H19NO2/c1-2-11-7-5-6-10-15(11)13-9-4-3-8-12(13)14(16)17/h3-4,8-9,11H,2,5-7,10H2,1H3,(H,16,17). The molecule has 1 fully saturated rings. The Morgan fingerprint density at radius 2 is 2.18 bits per heavy atom. The highest BCUT2D eigenvalue weighted by atomic mass is 16.4. The zero-order valence-electron chi connectivity index (χ0n) is 10.2. The highest BCUT2D eigenvalue weighted by Crippen LogP contribution is 2.29. The van der Waals surface area contributed by atoms with E-state index in [0.29, 0.717) is 11.6 Å². The third-order valence-corrected chi connectivity index (χ3v) is 3.54. The van der Waals surface area contributed by atoms with E-state index in [1.807, 2.05) is 12.1 Å². The summed E-state index contributed by atoms with van der Waals surface area (Å²) in [6.45, 7) is 3.15. The van der Waals surface area contributed by atoms with Gasteiger partial charge in [-0.3, -0.25) is 0 Å². The Hall–Kier alpha value is -1.51. The minimum Gasteiger partial charge on any atom is -0.478 e. The van der Waals surface area contributed by atoms with Crippen LogP contribution in [0.15, 0.2) is 24.3 Å². The molecule has 1 aliphatic rings. The Bertz CT molecular complexity index is 403. The van der Waals surface area contributed by atoms with Crippen molar-refractivity contribution in [2.45, 2.75) is 38.6 Å². The van der Waals surface area contributed by atoms with Crippen molar-refractivity contribution in [3.05, 3.63) is 29.8 Å². The van der Waals surface area contributed by atoms with Gasteiger partial charge < -0.3 is 10.0 Å². The molecule has 1 aromatic carbocycles. The van der Waals surface area contributed by atoms with Crippen LogP contribution in [-0.2, 0) is 0 Å². The van der Waals surface area contributed by atoms with E-state index in [9.17, 15) is 9.90 Å². The van der Waals surface area contributed by atoms with Gasteiger partial charge in [-0.1, -0.05) is 19.1 Å². The molecule has 0 aromatic heterocycles. The van der Waals surface area contributed by atoms with E-state index < -0.39 is 5.97 Å². The predicted molar refractivity (Wildman–Crippen MR) is 68.7 cm³/mol. The van der Waals surface area contributed by atoms with Crippen LogP contribution in [-0.4, -0.2) is 23.7 Å². The number of anilines is 1. The van der Waals surface area contributed by atoms with Crippen LogP contribution in [0.5, 0.6) is 0 Å². The molecule has 0 amide bonds. The number of rotatable bonds is 3. The third kappa shape index (κ3) is 2.43. The highest BCUT2D eigenvalue weighted by Gasteiger charge is 2.24. The Kier molecular flexibility index (Phi) is 3.67. The zero-order chi connectivity index (χ0) is 12.3. The summed E-state index contributed by atoms with van der Waals surface area (Å²) in [6.07, 6.45) is 4.66. The van der Waals surface area contributed by atoms with Crippen molar-refractivity contribution < 1.29 is 9.90 Å². The molecule has 1 N–H and O–H groups in total. The Morgan fingerprint density at radius 3 is 2.88 bits per heavy atom. The first-order valence-electron chi connectivity index (χ1n) is 6.33. The van der Waals surface area contributed by atoms with Crippen LogP contribution in [0.4, 0.5) is 5.69 Å². The van der Waals surface area contributed by atoms with E-state index in [-0.39, 0.29) is 0 Å². The number of benzene rings is 1. The number of carboxylic acid groups (broad SMARTS) is 1. The van der Waals surface area contributed by atoms with E-state index in [1.165, 1.54) is 12.8 Å². The van der Waals surface area contributed by atoms with Gasteiger partial charge in [0.15, 0.2) is 0 Å². The van der Waals surface area contributed by atoms with E-state index in [4.69, 9.17) is 0 Å². The molecule has 92 valence electrons. The SMILES string of the molecule is CCC1CCCCN1c1ccccc1C(=O)O. The summed E-state index contributed by atoms with van der Waals surface area (Å²) in [5.41, 5.74) is 1.31. The number of hydrogen-bond acceptors (Lipinski definition) is 2. The van der Waals surface area contributed by atoms with Crippen molar-refractivity contribution in [2.24, 2.45) is 0 Å². The molecule has 1 atom stereocenters. The number of nitrogens with zero attached hydrogens (tertiary/aromatic N) is 1. The van der Waals surface area contributed by atoms with Crippen molar-refractivity contribution in [2.75, 3.05) is 11.4 Å². The number of piperidine rings is 1. The molecule has 0 radical (unpaired) electrons. The minimum atomic E-state index is -0.832. The zero-order valence-corrected chi connectivity index (χ0v) is 10.2. The molecule has 0 aliphatic carbocycles. The predicted octanol–water partition coefficient (Wildman–Crippen LogP) is 3.15. The molecule has 0 bridgehead atoms. The summed E-state index contributed by atoms with van der Waals surface area (Å²) < 4.78 is 0. The summed E-state index contributed by atoms with van der Waals surface area (Å²) in [7, 11) is 0. The highest BCUT2D eigenvalue weighted by molar-refractivity contribution is 5.94. The van der Waals surface area contributed by atoms with Crippen molar-refractivity contribution >= 4 is 11.7 Å². The van der Waals surface area contributed by atoms with Gasteiger partial charge in [0.25, 0.3) is 0 Å². The number of para-hydroxylation sites is 1. The molecule has 1 saturated heterocycles. The second-order valence-corrected chi connectivity index (χ2v) is 4.57. The van der Waals surface area contributed by atoms with Gasteiger partial charge in [0.2, 0.25) is 0 Å². The van der Waals surface area contributed by atoms with E-state index in [0.717, 1.165) is 25.1 Å². The minimum absolute atomic E-state index is 0.424. The lowest BCUT2D eigenvalue weighted by Crippen LogP contribution is -2.39. The molecule has 0 spiro atoms. The molecule has 17 heavy (non-hydrogen) atoms. The summed E-state index contributed by atoms with van der Waals surface area (Å²) in [5, 5.41) is 9.23. The van der Waals surface area contributed by atoms with Gasteiger partial charge in [0, 0.05) is 12.6 Å². The van der Waals surface area contributed by atoms with Crippen LogP contribution in [0.3, 0.4) is 0 Å². The summed E-state index contributed by atoms with van der Waals surface area (Å²) in [5.74, 6) is -0.832. The largest absolute Gasteiger partial charge is 0.478 e. The summed E-state index contributed by atoms with van der Waals surface area (Å²) >= 11 is 0. The topological polar surface area (TPSA) is 40.5 Å². The van der Waals surface area contributed by atoms with Gasteiger partial charge in [-0.15, -0.1) is 0 Å². The molecule has 2 rings (SSSR count).